The number of carbonyl (C=O) groups is 2. The second kappa shape index (κ2) is 8.95. The van der Waals surface area contributed by atoms with Gasteiger partial charge >= 0.3 is 0 Å². The van der Waals surface area contributed by atoms with Crippen LogP contribution in [0, 0.1) is 5.92 Å². The van der Waals surface area contributed by atoms with Crippen molar-refractivity contribution < 1.29 is 9.59 Å². The SMILES string of the molecule is O=C(NC1CCC(n2cncn2)CC1)C1CCN(C(=O)c2ccccc2Cl)CC1. The van der Waals surface area contributed by atoms with Crippen molar-refractivity contribution in [3.63, 3.8) is 0 Å². The molecule has 2 aromatic rings. The standard InChI is InChI=1S/C21H26ClN5O2/c22-19-4-2-1-3-18(19)21(29)26-11-9-15(10-12-26)20(28)25-16-5-7-17(8-6-16)27-14-23-13-24-27/h1-4,13-17H,5-12H2,(H,25,28). The zero-order valence-corrected chi connectivity index (χ0v) is 17.1. The molecule has 0 bridgehead atoms. The van der Waals surface area contributed by atoms with Gasteiger partial charge in [0.05, 0.1) is 16.6 Å². The molecule has 1 aromatic heterocycles. The summed E-state index contributed by atoms with van der Waals surface area (Å²) >= 11 is 6.15. The van der Waals surface area contributed by atoms with Gasteiger partial charge in [0, 0.05) is 25.0 Å². The molecule has 0 atom stereocenters. The van der Waals surface area contributed by atoms with Crippen molar-refractivity contribution in [2.45, 2.75) is 50.6 Å². The lowest BCUT2D eigenvalue weighted by Crippen LogP contribution is -2.46. The lowest BCUT2D eigenvalue weighted by atomic mass is 9.89. The summed E-state index contributed by atoms with van der Waals surface area (Å²) in [6.07, 6.45) is 8.63. The van der Waals surface area contributed by atoms with Crippen LogP contribution >= 0.6 is 11.6 Å². The van der Waals surface area contributed by atoms with Crippen LogP contribution in [0.4, 0.5) is 0 Å². The number of rotatable bonds is 4. The molecule has 1 saturated carbocycles. The maximum atomic E-state index is 12.7. The first-order chi connectivity index (χ1) is 14.1. The molecule has 1 aliphatic heterocycles. The maximum absolute atomic E-state index is 12.7. The molecule has 4 rings (SSSR count). The van der Waals surface area contributed by atoms with E-state index in [2.05, 4.69) is 15.4 Å². The highest BCUT2D eigenvalue weighted by molar-refractivity contribution is 6.33. The van der Waals surface area contributed by atoms with Gasteiger partial charge in [0.1, 0.15) is 12.7 Å². The van der Waals surface area contributed by atoms with Crippen molar-refractivity contribution in [1.82, 2.24) is 25.0 Å². The third-order valence-electron chi connectivity index (χ3n) is 6.11. The average Bonchev–Trinajstić information content (AvgIpc) is 3.29. The second-order valence-corrected chi connectivity index (χ2v) is 8.34. The molecule has 1 saturated heterocycles. The Kier molecular flexibility index (Phi) is 6.13. The average molecular weight is 416 g/mol. The van der Waals surface area contributed by atoms with Gasteiger partial charge in [-0.15, -0.1) is 0 Å². The number of nitrogens with one attached hydrogen (secondary N) is 1. The van der Waals surface area contributed by atoms with Gasteiger partial charge in [-0.1, -0.05) is 23.7 Å². The van der Waals surface area contributed by atoms with Gasteiger partial charge < -0.3 is 10.2 Å². The Morgan fingerprint density at radius 3 is 2.41 bits per heavy atom. The fraction of sp³-hybridized carbons (Fsp3) is 0.524. The third kappa shape index (κ3) is 4.61. The van der Waals surface area contributed by atoms with Crippen LogP contribution in [0.25, 0.3) is 0 Å². The molecule has 8 heteroatoms. The highest BCUT2D eigenvalue weighted by atomic mass is 35.5. The molecule has 1 N–H and O–H groups in total. The quantitative estimate of drug-likeness (QED) is 0.832. The molecule has 1 aliphatic carbocycles. The molecule has 29 heavy (non-hydrogen) atoms. The predicted molar refractivity (Wildman–Crippen MR) is 110 cm³/mol. The number of hydrogen-bond acceptors (Lipinski definition) is 4. The fourth-order valence-electron chi connectivity index (χ4n) is 4.36. The van der Waals surface area contributed by atoms with Gasteiger partial charge in [-0.05, 0) is 50.7 Å². The number of amides is 2. The summed E-state index contributed by atoms with van der Waals surface area (Å²) in [5, 5.41) is 7.93. The molecule has 154 valence electrons. The van der Waals surface area contributed by atoms with Crippen LogP contribution in [0.3, 0.4) is 0 Å². The first kappa shape index (κ1) is 19.9. The van der Waals surface area contributed by atoms with Gasteiger partial charge in [0.15, 0.2) is 0 Å². The number of piperidine rings is 1. The van der Waals surface area contributed by atoms with E-state index in [1.807, 2.05) is 16.8 Å². The number of nitrogens with zero attached hydrogens (tertiary/aromatic N) is 4. The number of carbonyl (C=O) groups excluding carboxylic acids is 2. The smallest absolute Gasteiger partial charge is 0.255 e. The van der Waals surface area contributed by atoms with E-state index in [4.69, 9.17) is 11.6 Å². The van der Waals surface area contributed by atoms with E-state index >= 15 is 0 Å². The number of hydrogen-bond donors (Lipinski definition) is 1. The minimum absolute atomic E-state index is 0.0293. The minimum Gasteiger partial charge on any atom is -0.353 e. The summed E-state index contributed by atoms with van der Waals surface area (Å²) in [6.45, 7) is 1.17. The predicted octanol–water partition coefficient (Wildman–Crippen LogP) is 3.08. The summed E-state index contributed by atoms with van der Waals surface area (Å²) in [5.74, 6) is 0.0401. The molecule has 2 amide bonds. The van der Waals surface area contributed by atoms with Crippen LogP contribution < -0.4 is 5.32 Å². The van der Waals surface area contributed by atoms with E-state index in [-0.39, 0.29) is 23.8 Å². The molecule has 2 fully saturated rings. The van der Waals surface area contributed by atoms with Crippen LogP contribution in [0.15, 0.2) is 36.9 Å². The van der Waals surface area contributed by atoms with Crippen molar-refractivity contribution in [2.24, 2.45) is 5.92 Å². The largest absolute Gasteiger partial charge is 0.353 e. The van der Waals surface area contributed by atoms with E-state index in [1.165, 1.54) is 0 Å². The van der Waals surface area contributed by atoms with Crippen molar-refractivity contribution in [3.05, 3.63) is 47.5 Å². The van der Waals surface area contributed by atoms with Gasteiger partial charge in [0.25, 0.3) is 5.91 Å². The summed E-state index contributed by atoms with van der Waals surface area (Å²) in [4.78, 5) is 31.2. The first-order valence-electron chi connectivity index (χ1n) is 10.3. The third-order valence-corrected chi connectivity index (χ3v) is 6.44. The molecule has 1 aromatic carbocycles. The molecular formula is C21H26ClN5O2. The number of halogens is 1. The zero-order valence-electron chi connectivity index (χ0n) is 16.3. The summed E-state index contributed by atoms with van der Waals surface area (Å²) < 4.78 is 1.92. The molecule has 7 nitrogen and oxygen atoms in total. The normalized spacial score (nSPS) is 23.0. The van der Waals surface area contributed by atoms with Gasteiger partial charge in [-0.3, -0.25) is 9.59 Å². The Hall–Kier alpha value is -2.41. The fourth-order valence-corrected chi connectivity index (χ4v) is 4.58. The highest BCUT2D eigenvalue weighted by Crippen LogP contribution is 2.28. The van der Waals surface area contributed by atoms with Crippen molar-refractivity contribution >= 4 is 23.4 Å². The second-order valence-electron chi connectivity index (χ2n) is 7.94. The first-order valence-corrected chi connectivity index (χ1v) is 10.7. The van der Waals surface area contributed by atoms with Crippen LogP contribution in [-0.2, 0) is 4.79 Å². The summed E-state index contributed by atoms with van der Waals surface area (Å²) in [7, 11) is 0. The Labute approximate surface area is 175 Å². The Morgan fingerprint density at radius 2 is 1.76 bits per heavy atom. The number of aromatic nitrogens is 3. The van der Waals surface area contributed by atoms with Crippen LogP contribution in [0.5, 0.6) is 0 Å². The van der Waals surface area contributed by atoms with Crippen LogP contribution in [-0.4, -0.2) is 50.6 Å². The molecule has 2 aliphatic rings. The van der Waals surface area contributed by atoms with E-state index in [1.54, 1.807) is 29.7 Å². The zero-order chi connectivity index (χ0) is 20.2. The molecule has 0 unspecified atom stereocenters. The highest BCUT2D eigenvalue weighted by Gasteiger charge is 2.30. The van der Waals surface area contributed by atoms with Crippen molar-refractivity contribution in [2.75, 3.05) is 13.1 Å². The van der Waals surface area contributed by atoms with Crippen molar-refractivity contribution in [3.8, 4) is 0 Å². The van der Waals surface area contributed by atoms with Crippen LogP contribution in [0.1, 0.15) is 54.9 Å². The summed E-state index contributed by atoms with van der Waals surface area (Å²) in [5.41, 5.74) is 0.529. The Bertz CT molecular complexity index is 841. The van der Waals surface area contributed by atoms with Gasteiger partial charge in [0.2, 0.25) is 5.91 Å². The lowest BCUT2D eigenvalue weighted by molar-refractivity contribution is -0.127. The molecular weight excluding hydrogens is 390 g/mol. The molecule has 0 spiro atoms. The van der Waals surface area contributed by atoms with E-state index < -0.39 is 0 Å². The Balaban J connectivity index is 1.23. The van der Waals surface area contributed by atoms with E-state index in [0.717, 1.165) is 25.7 Å². The number of benzene rings is 1. The monoisotopic (exact) mass is 415 g/mol. The Morgan fingerprint density at radius 1 is 1.03 bits per heavy atom. The topological polar surface area (TPSA) is 80.1 Å². The summed E-state index contributed by atoms with van der Waals surface area (Å²) in [6, 6.07) is 7.72. The number of likely N-dealkylation sites (tertiary alicyclic amines) is 1. The van der Waals surface area contributed by atoms with Crippen LogP contribution in [0.2, 0.25) is 5.02 Å². The lowest BCUT2D eigenvalue weighted by Gasteiger charge is -2.34. The van der Waals surface area contributed by atoms with E-state index in [9.17, 15) is 9.59 Å². The molecule has 0 radical (unpaired) electrons. The molecule has 2 heterocycles. The maximum Gasteiger partial charge on any atom is 0.255 e. The van der Waals surface area contributed by atoms with Gasteiger partial charge in [-0.2, -0.15) is 5.10 Å². The van der Waals surface area contributed by atoms with Crippen molar-refractivity contribution in [1.29, 1.82) is 0 Å². The van der Waals surface area contributed by atoms with E-state index in [0.29, 0.717) is 42.6 Å². The minimum atomic E-state index is -0.0547. The van der Waals surface area contributed by atoms with Gasteiger partial charge in [-0.25, -0.2) is 9.67 Å².